The number of benzene rings is 1. The number of carbonyl (C=O) groups excluding carboxylic acids is 1. The van der Waals surface area contributed by atoms with Gasteiger partial charge in [0.25, 0.3) is 0 Å². The molecular weight excluding hydrogens is 250 g/mol. The summed E-state index contributed by atoms with van der Waals surface area (Å²) in [5.74, 6) is 0. The SMILES string of the molecule is O=C(NC1CC1)NC(c1ccccc1)c1ccncc1. The van der Waals surface area contributed by atoms with Crippen molar-refractivity contribution in [1.82, 2.24) is 15.6 Å². The van der Waals surface area contributed by atoms with Crippen molar-refractivity contribution in [3.63, 3.8) is 0 Å². The first kappa shape index (κ1) is 12.7. The van der Waals surface area contributed by atoms with E-state index in [-0.39, 0.29) is 12.1 Å². The summed E-state index contributed by atoms with van der Waals surface area (Å²) in [7, 11) is 0. The van der Waals surface area contributed by atoms with Gasteiger partial charge in [-0.1, -0.05) is 30.3 Å². The van der Waals surface area contributed by atoms with Crippen LogP contribution in [-0.4, -0.2) is 17.1 Å². The lowest BCUT2D eigenvalue weighted by atomic mass is 10.00. The summed E-state index contributed by atoms with van der Waals surface area (Å²) in [6, 6.07) is 13.9. The fraction of sp³-hybridized carbons (Fsp3) is 0.250. The number of nitrogens with one attached hydrogen (secondary N) is 2. The second kappa shape index (κ2) is 5.74. The Kier molecular flexibility index (Phi) is 3.63. The number of amides is 2. The Labute approximate surface area is 118 Å². The second-order valence-electron chi connectivity index (χ2n) is 5.02. The molecule has 0 radical (unpaired) electrons. The van der Waals surface area contributed by atoms with Gasteiger partial charge in [0, 0.05) is 18.4 Å². The Morgan fingerprint density at radius 1 is 1.05 bits per heavy atom. The van der Waals surface area contributed by atoms with Gasteiger partial charge in [-0.3, -0.25) is 4.98 Å². The minimum Gasteiger partial charge on any atom is -0.335 e. The van der Waals surface area contributed by atoms with Crippen LogP contribution in [0.5, 0.6) is 0 Å². The van der Waals surface area contributed by atoms with Crippen LogP contribution in [0, 0.1) is 0 Å². The average molecular weight is 267 g/mol. The molecule has 0 bridgehead atoms. The highest BCUT2D eigenvalue weighted by atomic mass is 16.2. The number of rotatable bonds is 4. The van der Waals surface area contributed by atoms with Crippen molar-refractivity contribution in [2.45, 2.75) is 24.9 Å². The highest BCUT2D eigenvalue weighted by Gasteiger charge is 2.25. The van der Waals surface area contributed by atoms with E-state index in [1.165, 1.54) is 0 Å². The Morgan fingerprint density at radius 3 is 2.35 bits per heavy atom. The molecule has 102 valence electrons. The fourth-order valence-corrected chi connectivity index (χ4v) is 2.15. The number of carbonyl (C=O) groups is 1. The van der Waals surface area contributed by atoms with Gasteiger partial charge in [0.1, 0.15) is 0 Å². The molecule has 0 aliphatic heterocycles. The van der Waals surface area contributed by atoms with E-state index in [0.717, 1.165) is 24.0 Å². The van der Waals surface area contributed by atoms with Crippen LogP contribution >= 0.6 is 0 Å². The van der Waals surface area contributed by atoms with E-state index in [1.807, 2.05) is 42.5 Å². The first-order chi connectivity index (χ1) is 9.83. The van der Waals surface area contributed by atoms with Gasteiger partial charge in [0.05, 0.1) is 6.04 Å². The zero-order valence-electron chi connectivity index (χ0n) is 11.1. The van der Waals surface area contributed by atoms with Crippen molar-refractivity contribution in [2.24, 2.45) is 0 Å². The number of nitrogens with zero attached hydrogens (tertiary/aromatic N) is 1. The van der Waals surface area contributed by atoms with Crippen molar-refractivity contribution in [3.8, 4) is 0 Å². The molecule has 4 heteroatoms. The zero-order chi connectivity index (χ0) is 13.8. The fourth-order valence-electron chi connectivity index (χ4n) is 2.15. The van der Waals surface area contributed by atoms with E-state index < -0.39 is 0 Å². The maximum atomic E-state index is 12.0. The third-order valence-corrected chi connectivity index (χ3v) is 3.36. The minimum absolute atomic E-state index is 0.113. The normalized spacial score (nSPS) is 15.4. The van der Waals surface area contributed by atoms with Gasteiger partial charge in [-0.2, -0.15) is 0 Å². The summed E-state index contributed by atoms with van der Waals surface area (Å²) in [5, 5.41) is 6.00. The van der Waals surface area contributed by atoms with Crippen LogP contribution in [0.2, 0.25) is 0 Å². The minimum atomic E-state index is -0.155. The van der Waals surface area contributed by atoms with Gasteiger partial charge in [-0.25, -0.2) is 4.79 Å². The first-order valence-corrected chi connectivity index (χ1v) is 6.85. The smallest absolute Gasteiger partial charge is 0.315 e. The molecule has 3 rings (SSSR count). The van der Waals surface area contributed by atoms with Crippen molar-refractivity contribution in [3.05, 3.63) is 66.0 Å². The molecule has 1 atom stereocenters. The largest absolute Gasteiger partial charge is 0.335 e. The molecule has 20 heavy (non-hydrogen) atoms. The number of hydrogen-bond donors (Lipinski definition) is 2. The molecule has 2 amide bonds. The van der Waals surface area contributed by atoms with Crippen LogP contribution in [0.3, 0.4) is 0 Å². The van der Waals surface area contributed by atoms with Crippen LogP contribution in [0.4, 0.5) is 4.79 Å². The third-order valence-electron chi connectivity index (χ3n) is 3.36. The van der Waals surface area contributed by atoms with Gasteiger partial charge < -0.3 is 10.6 Å². The number of hydrogen-bond acceptors (Lipinski definition) is 2. The highest BCUT2D eigenvalue weighted by Crippen LogP contribution is 2.22. The van der Waals surface area contributed by atoms with E-state index in [1.54, 1.807) is 12.4 Å². The van der Waals surface area contributed by atoms with E-state index in [0.29, 0.717) is 6.04 Å². The molecule has 1 aliphatic rings. The molecule has 2 N–H and O–H groups in total. The summed E-state index contributed by atoms with van der Waals surface area (Å²) in [6.45, 7) is 0. The molecule has 0 saturated heterocycles. The van der Waals surface area contributed by atoms with Gasteiger partial charge in [0.2, 0.25) is 0 Å². The van der Waals surface area contributed by atoms with Crippen LogP contribution in [0.1, 0.15) is 30.0 Å². The van der Waals surface area contributed by atoms with E-state index in [4.69, 9.17) is 0 Å². The summed E-state index contributed by atoms with van der Waals surface area (Å²) in [4.78, 5) is 16.0. The van der Waals surface area contributed by atoms with Crippen molar-refractivity contribution in [2.75, 3.05) is 0 Å². The van der Waals surface area contributed by atoms with E-state index in [9.17, 15) is 4.79 Å². The third kappa shape index (κ3) is 3.15. The Balaban J connectivity index is 1.81. The predicted octanol–water partition coefficient (Wildman–Crippen LogP) is 2.63. The molecule has 2 aromatic rings. The Bertz CT molecular complexity index is 527. The lowest BCUT2D eigenvalue weighted by molar-refractivity contribution is 0.238. The molecule has 1 aromatic carbocycles. The van der Waals surface area contributed by atoms with Crippen molar-refractivity contribution in [1.29, 1.82) is 0 Å². The summed E-state index contributed by atoms with van der Waals surface area (Å²) >= 11 is 0. The average Bonchev–Trinajstić information content (AvgIpc) is 3.30. The molecule has 4 nitrogen and oxygen atoms in total. The van der Waals surface area contributed by atoms with Gasteiger partial charge >= 0.3 is 6.03 Å². The van der Waals surface area contributed by atoms with Crippen LogP contribution in [0.15, 0.2) is 54.9 Å². The highest BCUT2D eigenvalue weighted by molar-refractivity contribution is 5.75. The van der Waals surface area contributed by atoms with E-state index in [2.05, 4.69) is 15.6 Å². The monoisotopic (exact) mass is 267 g/mol. The molecule has 1 saturated carbocycles. The molecule has 0 spiro atoms. The summed E-state index contributed by atoms with van der Waals surface area (Å²) in [6.07, 6.45) is 5.65. The standard InChI is InChI=1S/C16H17N3O/c20-16(18-14-6-7-14)19-15(12-4-2-1-3-5-12)13-8-10-17-11-9-13/h1-5,8-11,14-15H,6-7H2,(H2,18,19,20). The molecule has 1 heterocycles. The molecule has 1 unspecified atom stereocenters. The van der Waals surface area contributed by atoms with Crippen LogP contribution in [-0.2, 0) is 0 Å². The lowest BCUT2D eigenvalue weighted by Gasteiger charge is -2.20. The Morgan fingerprint density at radius 2 is 1.70 bits per heavy atom. The number of aromatic nitrogens is 1. The summed E-state index contributed by atoms with van der Waals surface area (Å²) in [5.41, 5.74) is 2.08. The maximum Gasteiger partial charge on any atom is 0.315 e. The van der Waals surface area contributed by atoms with Crippen molar-refractivity contribution < 1.29 is 4.79 Å². The quantitative estimate of drug-likeness (QED) is 0.894. The molecule has 1 aliphatic carbocycles. The van der Waals surface area contributed by atoms with Crippen LogP contribution < -0.4 is 10.6 Å². The van der Waals surface area contributed by atoms with Gasteiger partial charge in [0.15, 0.2) is 0 Å². The topological polar surface area (TPSA) is 54.0 Å². The van der Waals surface area contributed by atoms with Gasteiger partial charge in [-0.05, 0) is 36.1 Å². The zero-order valence-corrected chi connectivity index (χ0v) is 11.1. The van der Waals surface area contributed by atoms with Crippen molar-refractivity contribution >= 4 is 6.03 Å². The first-order valence-electron chi connectivity index (χ1n) is 6.85. The number of urea groups is 1. The number of pyridine rings is 1. The van der Waals surface area contributed by atoms with Gasteiger partial charge in [-0.15, -0.1) is 0 Å². The Hall–Kier alpha value is -2.36. The summed E-state index contributed by atoms with van der Waals surface area (Å²) < 4.78 is 0. The lowest BCUT2D eigenvalue weighted by Crippen LogP contribution is -2.39. The molecule has 1 aromatic heterocycles. The predicted molar refractivity (Wildman–Crippen MR) is 77.2 cm³/mol. The molecular formula is C16H17N3O. The van der Waals surface area contributed by atoms with E-state index >= 15 is 0 Å². The maximum absolute atomic E-state index is 12.0. The van der Waals surface area contributed by atoms with Crippen LogP contribution in [0.25, 0.3) is 0 Å². The second-order valence-corrected chi connectivity index (χ2v) is 5.02. The molecule has 1 fully saturated rings.